The number of nitrogens with one attached hydrogen (secondary N) is 1. The molecule has 0 radical (unpaired) electrons. The molecule has 9 nitrogen and oxygen atoms in total. The summed E-state index contributed by atoms with van der Waals surface area (Å²) in [5.41, 5.74) is 0.898. The van der Waals surface area contributed by atoms with Gasteiger partial charge in [-0.1, -0.05) is 5.43 Å². The van der Waals surface area contributed by atoms with Crippen molar-refractivity contribution < 1.29 is 20.0 Å². The highest BCUT2D eigenvalue weighted by Crippen LogP contribution is 2.13. The number of guanidine groups is 1. The van der Waals surface area contributed by atoms with Crippen molar-refractivity contribution in [1.82, 2.24) is 10.3 Å². The van der Waals surface area contributed by atoms with E-state index in [2.05, 4.69) is 10.4 Å². The van der Waals surface area contributed by atoms with Gasteiger partial charge in [0, 0.05) is 45.7 Å². The molecule has 0 saturated carbocycles. The van der Waals surface area contributed by atoms with Gasteiger partial charge in [0.05, 0.1) is 12.2 Å². The van der Waals surface area contributed by atoms with Crippen molar-refractivity contribution >= 4 is 5.96 Å². The van der Waals surface area contributed by atoms with E-state index in [-0.39, 0.29) is 31.4 Å². The Morgan fingerprint density at radius 2 is 2.38 bits per heavy atom. The lowest BCUT2D eigenvalue weighted by Crippen LogP contribution is -2.48. The predicted molar refractivity (Wildman–Crippen MR) is 76.3 cm³/mol. The van der Waals surface area contributed by atoms with Crippen LogP contribution in [0.15, 0.2) is 4.99 Å². The molecule has 0 aromatic heterocycles. The van der Waals surface area contributed by atoms with Crippen LogP contribution in [-0.4, -0.2) is 71.7 Å². The Morgan fingerprint density at radius 3 is 2.90 bits per heavy atom. The van der Waals surface area contributed by atoms with Crippen LogP contribution < -0.4 is 5.43 Å². The molecule has 1 rings (SSSR count). The fourth-order valence-corrected chi connectivity index (χ4v) is 2.17. The maximum Gasteiger partial charge on any atom is 0.256 e. The lowest BCUT2D eigenvalue weighted by Gasteiger charge is -2.29. The second kappa shape index (κ2) is 8.11. The number of aliphatic hydroxyl groups excluding tert-OH is 1. The van der Waals surface area contributed by atoms with E-state index in [1.165, 1.54) is 4.90 Å². The molecule has 1 aliphatic rings. The summed E-state index contributed by atoms with van der Waals surface area (Å²) in [4.78, 5) is 16.4. The maximum absolute atomic E-state index is 10.7. The normalized spacial score (nSPS) is 21.9. The number of rotatable bonds is 7. The molecule has 1 fully saturated rings. The Labute approximate surface area is 123 Å². The average Bonchev–Trinajstić information content (AvgIpc) is 2.86. The first kappa shape index (κ1) is 17.6. The standard InChI is InChI=1S/C12H24N4O5/c1-12(18,4-5-17)9-15(2)11(14-16(19)20)13-7-10-3-6-21-8-10/h10,17-18H,3-9H2,1-2H3,(H,13,14). The van der Waals surface area contributed by atoms with E-state index in [4.69, 9.17) is 9.84 Å². The van der Waals surface area contributed by atoms with E-state index in [1.807, 2.05) is 0 Å². The Balaban J connectivity index is 2.66. The van der Waals surface area contributed by atoms with E-state index in [0.29, 0.717) is 19.8 Å². The minimum absolute atomic E-state index is 0.0881. The van der Waals surface area contributed by atoms with Gasteiger partial charge in [-0.15, -0.1) is 0 Å². The summed E-state index contributed by atoms with van der Waals surface area (Å²) in [7, 11) is 1.60. The van der Waals surface area contributed by atoms with E-state index >= 15 is 0 Å². The van der Waals surface area contributed by atoms with Crippen LogP contribution in [0.5, 0.6) is 0 Å². The van der Waals surface area contributed by atoms with Gasteiger partial charge in [-0.25, -0.2) is 15.1 Å². The van der Waals surface area contributed by atoms with Crippen LogP contribution in [0.4, 0.5) is 0 Å². The van der Waals surface area contributed by atoms with E-state index in [1.54, 1.807) is 14.0 Å². The molecule has 0 bridgehead atoms. The van der Waals surface area contributed by atoms with Crippen molar-refractivity contribution in [2.24, 2.45) is 10.9 Å². The molecular weight excluding hydrogens is 280 g/mol. The highest BCUT2D eigenvalue weighted by molar-refractivity contribution is 5.78. The minimum atomic E-state index is -1.15. The number of ether oxygens (including phenoxy) is 1. The molecule has 1 heterocycles. The molecule has 1 aliphatic heterocycles. The molecule has 21 heavy (non-hydrogen) atoms. The maximum atomic E-state index is 10.7. The summed E-state index contributed by atoms with van der Waals surface area (Å²) < 4.78 is 5.24. The molecule has 122 valence electrons. The molecule has 0 aliphatic carbocycles. The van der Waals surface area contributed by atoms with Gasteiger partial charge in [0.15, 0.2) is 5.03 Å². The number of aliphatic hydroxyl groups is 2. The second-order valence-electron chi connectivity index (χ2n) is 5.59. The number of hydrogen-bond acceptors (Lipinski definition) is 6. The average molecular weight is 304 g/mol. The third kappa shape index (κ3) is 6.69. The third-order valence-electron chi connectivity index (χ3n) is 3.30. The Kier molecular flexibility index (Phi) is 6.79. The second-order valence-corrected chi connectivity index (χ2v) is 5.59. The van der Waals surface area contributed by atoms with E-state index < -0.39 is 10.6 Å². The summed E-state index contributed by atoms with van der Waals surface area (Å²) in [6.45, 7) is 3.27. The molecule has 0 aromatic rings. The van der Waals surface area contributed by atoms with Crippen LogP contribution in [0.2, 0.25) is 0 Å². The zero-order chi connectivity index (χ0) is 15.9. The van der Waals surface area contributed by atoms with Crippen LogP contribution in [0.3, 0.4) is 0 Å². The molecule has 0 amide bonds. The summed E-state index contributed by atoms with van der Waals surface area (Å²) in [6, 6.07) is 0. The van der Waals surface area contributed by atoms with Gasteiger partial charge in [-0.05, 0) is 13.3 Å². The number of hydrazine groups is 1. The summed E-state index contributed by atoms with van der Waals surface area (Å²) in [6.07, 6.45) is 1.07. The van der Waals surface area contributed by atoms with Gasteiger partial charge < -0.3 is 19.8 Å². The van der Waals surface area contributed by atoms with Gasteiger partial charge in [0.1, 0.15) is 0 Å². The molecule has 9 heteroatoms. The van der Waals surface area contributed by atoms with Crippen LogP contribution >= 0.6 is 0 Å². The van der Waals surface area contributed by atoms with Gasteiger partial charge in [-0.2, -0.15) is 0 Å². The van der Waals surface area contributed by atoms with Gasteiger partial charge in [-0.3, -0.25) is 0 Å². The SMILES string of the molecule is CN(CC(C)(O)CCO)C(=NCC1CCOC1)N[N+](=O)[O-]. The zero-order valence-electron chi connectivity index (χ0n) is 12.5. The first-order valence-corrected chi connectivity index (χ1v) is 6.91. The first-order valence-electron chi connectivity index (χ1n) is 6.91. The highest BCUT2D eigenvalue weighted by Gasteiger charge is 2.25. The summed E-state index contributed by atoms with van der Waals surface area (Å²) in [5.74, 6) is 0.352. The summed E-state index contributed by atoms with van der Waals surface area (Å²) >= 11 is 0. The van der Waals surface area contributed by atoms with Crippen LogP contribution in [0, 0.1) is 16.0 Å². The highest BCUT2D eigenvalue weighted by atomic mass is 16.7. The Morgan fingerprint density at radius 1 is 1.67 bits per heavy atom. The molecule has 2 atom stereocenters. The molecule has 2 unspecified atom stereocenters. The summed E-state index contributed by atoms with van der Waals surface area (Å²) in [5, 5.41) is 29.0. The number of aliphatic imine (C=N–C) groups is 1. The fraction of sp³-hybridized carbons (Fsp3) is 0.917. The van der Waals surface area contributed by atoms with E-state index in [9.17, 15) is 15.2 Å². The number of likely N-dealkylation sites (N-methyl/N-ethyl adjacent to an activating group) is 1. The van der Waals surface area contributed by atoms with Crippen molar-refractivity contribution in [2.45, 2.75) is 25.4 Å². The zero-order valence-corrected chi connectivity index (χ0v) is 12.5. The molecule has 3 N–H and O–H groups in total. The van der Waals surface area contributed by atoms with Gasteiger partial charge >= 0.3 is 0 Å². The van der Waals surface area contributed by atoms with Crippen molar-refractivity contribution in [2.75, 3.05) is 40.0 Å². The predicted octanol–water partition coefficient (Wildman–Crippen LogP) is -0.775. The minimum Gasteiger partial charge on any atom is -0.396 e. The lowest BCUT2D eigenvalue weighted by atomic mass is 10.0. The smallest absolute Gasteiger partial charge is 0.256 e. The van der Waals surface area contributed by atoms with Crippen molar-refractivity contribution in [3.8, 4) is 0 Å². The van der Waals surface area contributed by atoms with Crippen LogP contribution in [0.1, 0.15) is 19.8 Å². The topological polar surface area (TPSA) is 120 Å². The molecule has 0 aromatic carbocycles. The Bertz CT molecular complexity index is 369. The number of nitrogens with zero attached hydrogens (tertiary/aromatic N) is 3. The number of nitro groups is 1. The monoisotopic (exact) mass is 304 g/mol. The third-order valence-corrected chi connectivity index (χ3v) is 3.30. The van der Waals surface area contributed by atoms with Crippen molar-refractivity contribution in [3.05, 3.63) is 10.1 Å². The van der Waals surface area contributed by atoms with Crippen molar-refractivity contribution in [1.29, 1.82) is 0 Å². The van der Waals surface area contributed by atoms with Crippen LogP contribution in [0.25, 0.3) is 0 Å². The van der Waals surface area contributed by atoms with Gasteiger partial charge in [0.25, 0.3) is 5.96 Å². The lowest BCUT2D eigenvalue weighted by molar-refractivity contribution is -0.526. The molecule has 1 saturated heterocycles. The van der Waals surface area contributed by atoms with Crippen LogP contribution in [-0.2, 0) is 4.74 Å². The largest absolute Gasteiger partial charge is 0.396 e. The van der Waals surface area contributed by atoms with Crippen molar-refractivity contribution in [3.63, 3.8) is 0 Å². The first-order chi connectivity index (χ1) is 9.84. The molecular formula is C12H24N4O5. The van der Waals surface area contributed by atoms with Gasteiger partial charge in [0.2, 0.25) is 0 Å². The fourth-order valence-electron chi connectivity index (χ4n) is 2.17. The molecule has 0 spiro atoms. The quantitative estimate of drug-likeness (QED) is 0.244. The van der Waals surface area contributed by atoms with E-state index in [0.717, 1.165) is 6.42 Å². The number of hydrogen-bond donors (Lipinski definition) is 3. The Hall–Kier alpha value is -1.45.